The highest BCUT2D eigenvalue weighted by Gasteiger charge is 2.34. The first kappa shape index (κ1) is 16.2. The predicted octanol–water partition coefficient (Wildman–Crippen LogP) is 1.89. The third-order valence-electron chi connectivity index (χ3n) is 4.48. The zero-order valence-electron chi connectivity index (χ0n) is 13.3. The molecule has 0 spiro atoms. The molecule has 118 valence electrons. The second-order valence-electron chi connectivity index (χ2n) is 6.66. The van der Waals surface area contributed by atoms with Crippen LogP contribution in [0.2, 0.25) is 0 Å². The second-order valence-corrected chi connectivity index (χ2v) is 6.66. The summed E-state index contributed by atoms with van der Waals surface area (Å²) in [7, 11) is 2.23. The van der Waals surface area contributed by atoms with E-state index in [0.717, 1.165) is 46.0 Å². The second kappa shape index (κ2) is 8.32. The third kappa shape index (κ3) is 4.99. The van der Waals surface area contributed by atoms with Crippen LogP contribution in [0.25, 0.3) is 0 Å². The van der Waals surface area contributed by atoms with Gasteiger partial charge in [0.05, 0.1) is 12.7 Å². The van der Waals surface area contributed by atoms with Crippen molar-refractivity contribution in [2.45, 2.75) is 45.1 Å². The highest BCUT2D eigenvalue weighted by molar-refractivity contribution is 4.87. The average Bonchev–Trinajstić information content (AvgIpc) is 2.92. The average molecular weight is 284 g/mol. The van der Waals surface area contributed by atoms with Crippen LogP contribution in [0.4, 0.5) is 0 Å². The molecule has 2 saturated heterocycles. The molecule has 1 N–H and O–H groups in total. The van der Waals surface area contributed by atoms with E-state index in [2.05, 4.69) is 24.2 Å². The van der Waals surface area contributed by atoms with Gasteiger partial charge in [-0.3, -0.25) is 0 Å². The molecule has 0 aromatic heterocycles. The molecule has 2 atom stereocenters. The molecule has 2 unspecified atom stereocenters. The van der Waals surface area contributed by atoms with Crippen molar-refractivity contribution in [3.05, 3.63) is 0 Å². The number of hydrogen-bond acceptors (Lipinski definition) is 4. The predicted molar refractivity (Wildman–Crippen MR) is 82.1 cm³/mol. The fourth-order valence-corrected chi connectivity index (χ4v) is 3.53. The van der Waals surface area contributed by atoms with Gasteiger partial charge in [-0.05, 0) is 45.7 Å². The first-order chi connectivity index (χ1) is 9.74. The number of likely N-dealkylation sites (N-methyl/N-ethyl adjacent to an activating group) is 1. The molecule has 2 rings (SSSR count). The van der Waals surface area contributed by atoms with Crippen LogP contribution >= 0.6 is 0 Å². The van der Waals surface area contributed by atoms with Gasteiger partial charge in [-0.1, -0.05) is 6.92 Å². The summed E-state index contributed by atoms with van der Waals surface area (Å²) in [6.45, 7) is 9.38. The summed E-state index contributed by atoms with van der Waals surface area (Å²) >= 11 is 0. The molecule has 2 aliphatic heterocycles. The quantitative estimate of drug-likeness (QED) is 0.690. The van der Waals surface area contributed by atoms with Crippen molar-refractivity contribution in [2.24, 2.45) is 5.41 Å². The van der Waals surface area contributed by atoms with E-state index in [4.69, 9.17) is 9.47 Å². The molecule has 2 heterocycles. The van der Waals surface area contributed by atoms with Crippen LogP contribution in [0, 0.1) is 5.41 Å². The molecule has 4 nitrogen and oxygen atoms in total. The monoisotopic (exact) mass is 284 g/mol. The Morgan fingerprint density at radius 1 is 1.30 bits per heavy atom. The van der Waals surface area contributed by atoms with Gasteiger partial charge in [0.2, 0.25) is 0 Å². The van der Waals surface area contributed by atoms with Crippen molar-refractivity contribution < 1.29 is 9.47 Å². The van der Waals surface area contributed by atoms with Crippen LogP contribution in [0.1, 0.15) is 39.0 Å². The topological polar surface area (TPSA) is 33.7 Å². The van der Waals surface area contributed by atoms with Crippen molar-refractivity contribution in [1.82, 2.24) is 10.2 Å². The standard InChI is InChI=1S/C16H32N2O2/c1-3-8-17-12-16(7-5-9-19-14-16)13-18(2)11-15-6-4-10-20-15/h15,17H,3-14H2,1-2H3. The summed E-state index contributed by atoms with van der Waals surface area (Å²) in [6, 6.07) is 0. The van der Waals surface area contributed by atoms with E-state index in [1.165, 1.54) is 32.1 Å². The summed E-state index contributed by atoms with van der Waals surface area (Å²) in [5, 5.41) is 3.61. The highest BCUT2D eigenvalue weighted by Crippen LogP contribution is 2.29. The van der Waals surface area contributed by atoms with Gasteiger partial charge < -0.3 is 19.7 Å². The fraction of sp³-hybridized carbons (Fsp3) is 1.00. The van der Waals surface area contributed by atoms with Crippen molar-refractivity contribution in [3.63, 3.8) is 0 Å². The molecular weight excluding hydrogens is 252 g/mol. The first-order valence-corrected chi connectivity index (χ1v) is 8.33. The van der Waals surface area contributed by atoms with Gasteiger partial charge in [-0.25, -0.2) is 0 Å². The van der Waals surface area contributed by atoms with Gasteiger partial charge in [0.25, 0.3) is 0 Å². The Kier molecular flexibility index (Phi) is 6.75. The van der Waals surface area contributed by atoms with E-state index < -0.39 is 0 Å². The zero-order chi connectivity index (χ0) is 14.3. The van der Waals surface area contributed by atoms with Crippen LogP contribution in [0.15, 0.2) is 0 Å². The normalized spacial score (nSPS) is 31.1. The third-order valence-corrected chi connectivity index (χ3v) is 4.48. The smallest absolute Gasteiger partial charge is 0.0702 e. The van der Waals surface area contributed by atoms with Crippen molar-refractivity contribution in [2.75, 3.05) is 53.0 Å². The zero-order valence-corrected chi connectivity index (χ0v) is 13.3. The lowest BCUT2D eigenvalue weighted by Crippen LogP contribution is -2.49. The number of ether oxygens (including phenoxy) is 2. The van der Waals surface area contributed by atoms with E-state index in [1.807, 2.05) is 0 Å². The molecule has 0 amide bonds. The minimum Gasteiger partial charge on any atom is -0.381 e. The summed E-state index contributed by atoms with van der Waals surface area (Å²) in [5.74, 6) is 0. The minimum atomic E-state index is 0.292. The molecule has 2 aliphatic rings. The molecule has 0 aliphatic carbocycles. The number of nitrogens with zero attached hydrogens (tertiary/aromatic N) is 1. The van der Waals surface area contributed by atoms with E-state index in [1.54, 1.807) is 0 Å². The number of rotatable bonds is 8. The molecule has 0 aromatic rings. The molecule has 4 heteroatoms. The Hall–Kier alpha value is -0.160. The Morgan fingerprint density at radius 3 is 2.85 bits per heavy atom. The van der Waals surface area contributed by atoms with E-state index in [-0.39, 0.29) is 0 Å². The Bertz CT molecular complexity index is 261. The largest absolute Gasteiger partial charge is 0.381 e. The number of hydrogen-bond donors (Lipinski definition) is 1. The molecular formula is C16H32N2O2. The van der Waals surface area contributed by atoms with Crippen LogP contribution < -0.4 is 5.32 Å². The SMILES string of the molecule is CCCNCC1(CN(C)CC2CCCO2)CCCOC1. The summed E-state index contributed by atoms with van der Waals surface area (Å²) in [4.78, 5) is 2.46. The Morgan fingerprint density at radius 2 is 2.20 bits per heavy atom. The van der Waals surface area contributed by atoms with E-state index in [9.17, 15) is 0 Å². The maximum Gasteiger partial charge on any atom is 0.0702 e. The maximum atomic E-state index is 5.79. The minimum absolute atomic E-state index is 0.292. The van der Waals surface area contributed by atoms with Crippen LogP contribution in [0.3, 0.4) is 0 Å². The summed E-state index contributed by atoms with van der Waals surface area (Å²) in [5.41, 5.74) is 0.292. The van der Waals surface area contributed by atoms with Gasteiger partial charge in [0, 0.05) is 38.3 Å². The van der Waals surface area contributed by atoms with E-state index >= 15 is 0 Å². The van der Waals surface area contributed by atoms with Gasteiger partial charge in [-0.15, -0.1) is 0 Å². The Labute approximate surface area is 124 Å². The molecule has 20 heavy (non-hydrogen) atoms. The van der Waals surface area contributed by atoms with Gasteiger partial charge >= 0.3 is 0 Å². The number of nitrogens with one attached hydrogen (secondary N) is 1. The van der Waals surface area contributed by atoms with E-state index in [0.29, 0.717) is 11.5 Å². The fourth-order valence-electron chi connectivity index (χ4n) is 3.53. The van der Waals surface area contributed by atoms with Crippen LogP contribution in [0.5, 0.6) is 0 Å². The molecule has 0 saturated carbocycles. The highest BCUT2D eigenvalue weighted by atomic mass is 16.5. The first-order valence-electron chi connectivity index (χ1n) is 8.33. The van der Waals surface area contributed by atoms with Gasteiger partial charge in [0.1, 0.15) is 0 Å². The summed E-state index contributed by atoms with van der Waals surface area (Å²) < 4.78 is 11.5. The van der Waals surface area contributed by atoms with Crippen LogP contribution in [-0.4, -0.2) is 64.1 Å². The lowest BCUT2D eigenvalue weighted by atomic mass is 9.81. The van der Waals surface area contributed by atoms with Crippen molar-refractivity contribution in [1.29, 1.82) is 0 Å². The lowest BCUT2D eigenvalue weighted by molar-refractivity contribution is -0.0288. The maximum absolute atomic E-state index is 5.79. The molecule has 0 radical (unpaired) electrons. The molecule has 0 aromatic carbocycles. The Balaban J connectivity index is 1.81. The van der Waals surface area contributed by atoms with Gasteiger partial charge in [-0.2, -0.15) is 0 Å². The van der Waals surface area contributed by atoms with Gasteiger partial charge in [0.15, 0.2) is 0 Å². The lowest BCUT2D eigenvalue weighted by Gasteiger charge is -2.40. The molecule has 0 bridgehead atoms. The van der Waals surface area contributed by atoms with Crippen molar-refractivity contribution >= 4 is 0 Å². The van der Waals surface area contributed by atoms with Crippen molar-refractivity contribution in [3.8, 4) is 0 Å². The molecule has 2 fully saturated rings. The summed E-state index contributed by atoms with van der Waals surface area (Å²) in [6.07, 6.45) is 6.57. The van der Waals surface area contributed by atoms with Crippen LogP contribution in [-0.2, 0) is 9.47 Å².